The third kappa shape index (κ3) is 5.70. The molecular formula is C21H22N4O6S. The molecule has 1 aliphatic rings. The summed E-state index contributed by atoms with van der Waals surface area (Å²) in [5.74, 6) is -2.60. The first-order valence-corrected chi connectivity index (χ1v) is 10.6. The molecule has 0 fully saturated rings. The Morgan fingerprint density at radius 2 is 1.84 bits per heavy atom. The molecule has 0 saturated heterocycles. The predicted molar refractivity (Wildman–Crippen MR) is 118 cm³/mol. The lowest BCUT2D eigenvalue weighted by molar-refractivity contribution is -0.136. The normalized spacial score (nSPS) is 12.7. The van der Waals surface area contributed by atoms with E-state index in [2.05, 4.69) is 15.8 Å². The maximum atomic E-state index is 12.3. The molecule has 0 atom stereocenters. The van der Waals surface area contributed by atoms with E-state index in [-0.39, 0.29) is 6.61 Å². The fraction of sp³-hybridized carbons (Fsp3) is 0.286. The number of nitrogens with one attached hydrogen (secondary N) is 2. The maximum Gasteiger partial charge on any atom is 0.341 e. The highest BCUT2D eigenvalue weighted by Crippen LogP contribution is 2.38. The minimum atomic E-state index is -0.982. The zero-order valence-corrected chi connectivity index (χ0v) is 18.1. The molecule has 4 N–H and O–H groups in total. The molecule has 0 bridgehead atoms. The van der Waals surface area contributed by atoms with Crippen LogP contribution in [0.25, 0.3) is 0 Å². The van der Waals surface area contributed by atoms with E-state index in [4.69, 9.17) is 15.2 Å². The van der Waals surface area contributed by atoms with Crippen molar-refractivity contribution in [3.05, 3.63) is 45.8 Å². The minimum Gasteiger partial charge on any atom is -0.484 e. The molecule has 0 aliphatic heterocycles. The van der Waals surface area contributed by atoms with E-state index in [1.807, 2.05) is 0 Å². The molecule has 1 heterocycles. The molecule has 0 spiro atoms. The Bertz CT molecular complexity index is 1060. The zero-order valence-electron chi connectivity index (χ0n) is 17.3. The van der Waals surface area contributed by atoms with Gasteiger partial charge < -0.3 is 20.5 Å². The number of nitrogens with two attached hydrogens (primary N) is 1. The molecule has 0 radical (unpaired) electrons. The maximum absolute atomic E-state index is 12.3. The first kappa shape index (κ1) is 22.9. The van der Waals surface area contributed by atoms with Gasteiger partial charge in [-0.05, 0) is 61.1 Å². The highest BCUT2D eigenvalue weighted by molar-refractivity contribution is 7.17. The van der Waals surface area contributed by atoms with E-state index in [0.29, 0.717) is 21.9 Å². The summed E-state index contributed by atoms with van der Waals surface area (Å²) in [6.07, 6.45) is 4.86. The number of esters is 1. The highest BCUT2D eigenvalue weighted by Gasteiger charge is 2.28. The molecule has 2 aromatic rings. The molecule has 10 nitrogen and oxygen atoms in total. The Hall–Kier alpha value is -3.73. The Morgan fingerprint density at radius 3 is 2.53 bits per heavy atom. The van der Waals surface area contributed by atoms with Crippen molar-refractivity contribution >= 4 is 46.2 Å². The van der Waals surface area contributed by atoms with E-state index in [0.717, 1.165) is 36.1 Å². The second-order valence-corrected chi connectivity index (χ2v) is 7.99. The summed E-state index contributed by atoms with van der Waals surface area (Å²) in [6, 6.07) is 6.49. The van der Waals surface area contributed by atoms with Crippen molar-refractivity contribution in [2.24, 2.45) is 10.8 Å². The number of ether oxygens (including phenoxy) is 2. The van der Waals surface area contributed by atoms with Crippen LogP contribution in [0.4, 0.5) is 5.00 Å². The van der Waals surface area contributed by atoms with Gasteiger partial charge in [0.05, 0.1) is 18.9 Å². The van der Waals surface area contributed by atoms with Crippen molar-refractivity contribution in [3.8, 4) is 5.75 Å². The van der Waals surface area contributed by atoms with Crippen LogP contribution in [0, 0.1) is 0 Å². The number of rotatable bonds is 7. The van der Waals surface area contributed by atoms with E-state index < -0.39 is 23.7 Å². The quantitative estimate of drug-likeness (QED) is 0.247. The lowest BCUT2D eigenvalue weighted by Crippen LogP contribution is -2.32. The second-order valence-electron chi connectivity index (χ2n) is 6.88. The number of primary amides is 1. The van der Waals surface area contributed by atoms with Gasteiger partial charge in [0.25, 0.3) is 5.91 Å². The monoisotopic (exact) mass is 458 g/mol. The molecule has 0 saturated carbocycles. The lowest BCUT2D eigenvalue weighted by Gasteiger charge is -2.11. The molecule has 168 valence electrons. The van der Waals surface area contributed by atoms with Crippen LogP contribution in [0.2, 0.25) is 0 Å². The average molecular weight is 458 g/mol. The van der Waals surface area contributed by atoms with Gasteiger partial charge in [0.15, 0.2) is 6.61 Å². The van der Waals surface area contributed by atoms with Crippen LogP contribution in [0.15, 0.2) is 29.4 Å². The van der Waals surface area contributed by atoms with Gasteiger partial charge in [-0.15, -0.1) is 11.3 Å². The molecule has 11 heteroatoms. The van der Waals surface area contributed by atoms with Crippen molar-refractivity contribution in [3.63, 3.8) is 0 Å². The standard InChI is InChI=1S/C21H22N4O6S/c1-30-21(29)17-14-4-2-3-5-15(14)32-20(17)24-18(27)19(28)25-23-10-12-6-8-13(9-7-12)31-11-16(22)26/h6-10H,2-5,11H2,1H3,(H2,22,26)(H,24,27)(H,25,28)/b23-10+. The molecule has 1 aliphatic carbocycles. The number of hydrazone groups is 1. The third-order valence-electron chi connectivity index (χ3n) is 4.64. The van der Waals surface area contributed by atoms with E-state index in [1.54, 1.807) is 24.3 Å². The Labute approximate surface area is 187 Å². The van der Waals surface area contributed by atoms with Crippen molar-refractivity contribution in [1.29, 1.82) is 0 Å². The number of methoxy groups -OCH3 is 1. The number of fused-ring (bicyclic) bond motifs is 1. The van der Waals surface area contributed by atoms with Gasteiger partial charge in [0.1, 0.15) is 10.8 Å². The molecular weight excluding hydrogens is 436 g/mol. The van der Waals surface area contributed by atoms with Gasteiger partial charge >= 0.3 is 17.8 Å². The fourth-order valence-corrected chi connectivity index (χ4v) is 4.43. The summed E-state index contributed by atoms with van der Waals surface area (Å²) in [4.78, 5) is 48.4. The summed E-state index contributed by atoms with van der Waals surface area (Å²) in [5, 5.41) is 6.56. The average Bonchev–Trinajstić information content (AvgIpc) is 3.15. The summed E-state index contributed by atoms with van der Waals surface area (Å²) in [7, 11) is 1.28. The first-order valence-electron chi connectivity index (χ1n) is 9.77. The number of carbonyl (C=O) groups is 4. The smallest absolute Gasteiger partial charge is 0.341 e. The van der Waals surface area contributed by atoms with Crippen molar-refractivity contribution in [2.75, 3.05) is 19.0 Å². The SMILES string of the molecule is COC(=O)c1c(NC(=O)C(=O)N/N=C/c2ccc(OCC(N)=O)cc2)sc2c1CCCC2. The lowest BCUT2D eigenvalue weighted by atomic mass is 9.95. The number of aryl methyl sites for hydroxylation is 1. The Balaban J connectivity index is 1.60. The molecule has 3 rings (SSSR count). The van der Waals surface area contributed by atoms with Crippen LogP contribution < -0.4 is 21.2 Å². The van der Waals surface area contributed by atoms with Gasteiger partial charge in [-0.2, -0.15) is 5.10 Å². The van der Waals surface area contributed by atoms with Gasteiger partial charge in [-0.3, -0.25) is 14.4 Å². The number of benzene rings is 1. The first-order chi connectivity index (χ1) is 15.4. The fourth-order valence-electron chi connectivity index (χ4n) is 3.15. The molecule has 32 heavy (non-hydrogen) atoms. The van der Waals surface area contributed by atoms with Crippen LogP contribution in [-0.4, -0.2) is 43.6 Å². The Kier molecular flexibility index (Phi) is 7.55. The number of anilines is 1. The molecule has 3 amide bonds. The second kappa shape index (κ2) is 10.5. The van der Waals surface area contributed by atoms with E-state index in [9.17, 15) is 19.2 Å². The number of thiophene rings is 1. The van der Waals surface area contributed by atoms with Gasteiger partial charge in [0.2, 0.25) is 0 Å². The molecule has 1 aromatic carbocycles. The molecule has 1 aromatic heterocycles. The highest BCUT2D eigenvalue weighted by atomic mass is 32.1. The number of hydrogen-bond donors (Lipinski definition) is 3. The number of hydrogen-bond acceptors (Lipinski definition) is 8. The summed E-state index contributed by atoms with van der Waals surface area (Å²) >= 11 is 1.29. The van der Waals surface area contributed by atoms with Crippen LogP contribution >= 0.6 is 11.3 Å². The van der Waals surface area contributed by atoms with Crippen LogP contribution in [0.3, 0.4) is 0 Å². The van der Waals surface area contributed by atoms with Crippen molar-refractivity contribution in [2.45, 2.75) is 25.7 Å². The van der Waals surface area contributed by atoms with Crippen molar-refractivity contribution < 1.29 is 28.7 Å². The van der Waals surface area contributed by atoms with Gasteiger partial charge in [-0.1, -0.05) is 0 Å². The van der Waals surface area contributed by atoms with E-state index >= 15 is 0 Å². The summed E-state index contributed by atoms with van der Waals surface area (Å²) in [5.41, 5.74) is 8.97. The largest absolute Gasteiger partial charge is 0.484 e. The molecule has 0 unspecified atom stereocenters. The summed E-state index contributed by atoms with van der Waals surface area (Å²) in [6.45, 7) is -0.233. The summed E-state index contributed by atoms with van der Waals surface area (Å²) < 4.78 is 10.00. The zero-order chi connectivity index (χ0) is 23.1. The minimum absolute atomic E-state index is 0.233. The van der Waals surface area contributed by atoms with Crippen LogP contribution in [0.1, 0.15) is 39.2 Å². The third-order valence-corrected chi connectivity index (χ3v) is 5.84. The Morgan fingerprint density at radius 1 is 1.12 bits per heavy atom. The van der Waals surface area contributed by atoms with Crippen LogP contribution in [0.5, 0.6) is 5.75 Å². The van der Waals surface area contributed by atoms with Crippen LogP contribution in [-0.2, 0) is 32.0 Å². The number of carbonyl (C=O) groups excluding carboxylic acids is 4. The van der Waals surface area contributed by atoms with E-state index in [1.165, 1.54) is 24.7 Å². The number of amides is 3. The predicted octanol–water partition coefficient (Wildman–Crippen LogP) is 1.37. The van der Waals surface area contributed by atoms with Gasteiger partial charge in [0, 0.05) is 4.88 Å². The topological polar surface area (TPSA) is 149 Å². The van der Waals surface area contributed by atoms with Crippen molar-refractivity contribution in [1.82, 2.24) is 5.43 Å². The number of nitrogens with zero attached hydrogens (tertiary/aromatic N) is 1. The van der Waals surface area contributed by atoms with Gasteiger partial charge in [-0.25, -0.2) is 10.2 Å².